The number of hydrogen-bond donors (Lipinski definition) is 0. The zero-order chi connectivity index (χ0) is 21.9. The Kier molecular flexibility index (Phi) is 4.40. The number of fused-ring (bicyclic) bond motifs is 6. The Morgan fingerprint density at radius 3 is 2.87 bits per heavy atom. The molecule has 0 fully saturated rings. The van der Waals surface area contributed by atoms with Crippen molar-refractivity contribution in [1.29, 1.82) is 0 Å². The van der Waals surface area contributed by atoms with Gasteiger partial charge in [-0.3, -0.25) is 18.8 Å². The maximum atomic E-state index is 13.5. The van der Waals surface area contributed by atoms with Crippen LogP contribution in [-0.4, -0.2) is 32.6 Å². The van der Waals surface area contributed by atoms with Crippen molar-refractivity contribution in [1.82, 2.24) is 14.3 Å². The number of para-hydroxylation sites is 1. The second-order valence-electron chi connectivity index (χ2n) is 7.86. The van der Waals surface area contributed by atoms with E-state index in [1.807, 2.05) is 44.3 Å². The highest BCUT2D eigenvalue weighted by Gasteiger charge is 2.55. The number of carbonyl (C=O) groups excluding carboxylic acids is 1. The third-order valence-electron chi connectivity index (χ3n) is 5.98. The van der Waals surface area contributed by atoms with Gasteiger partial charge in [0, 0.05) is 23.9 Å². The normalized spacial score (nSPS) is 24.1. The van der Waals surface area contributed by atoms with Crippen molar-refractivity contribution in [2.24, 2.45) is 18.0 Å². The Labute approximate surface area is 182 Å². The molecule has 0 unspecified atom stereocenters. The third kappa shape index (κ3) is 2.87. The molecular weight excluding hydrogens is 416 g/mol. The Morgan fingerprint density at radius 2 is 2.16 bits per heavy atom. The van der Waals surface area contributed by atoms with Crippen LogP contribution >= 0.6 is 11.3 Å². The van der Waals surface area contributed by atoms with Crippen LogP contribution in [0.15, 0.2) is 40.2 Å². The van der Waals surface area contributed by atoms with Crippen LogP contribution < -0.4 is 19.6 Å². The van der Waals surface area contributed by atoms with Crippen molar-refractivity contribution in [3.05, 3.63) is 67.0 Å². The Bertz CT molecular complexity index is 1390. The zero-order valence-electron chi connectivity index (χ0n) is 17.7. The zero-order valence-corrected chi connectivity index (χ0v) is 18.5. The highest BCUT2D eigenvalue weighted by atomic mass is 32.1. The molecule has 0 N–H and O–H groups in total. The maximum absolute atomic E-state index is 13.5. The van der Waals surface area contributed by atoms with Crippen LogP contribution in [0.3, 0.4) is 0 Å². The van der Waals surface area contributed by atoms with Crippen LogP contribution in [0.1, 0.15) is 36.7 Å². The molecule has 0 amide bonds. The summed E-state index contributed by atoms with van der Waals surface area (Å²) in [5.41, 5.74) is 1.25. The summed E-state index contributed by atoms with van der Waals surface area (Å²) >= 11 is 1.29. The number of aromatic nitrogens is 3. The number of hydrogen-bond acceptors (Lipinski definition) is 7. The topological polar surface area (TPSA) is 87.7 Å². The molecule has 160 valence electrons. The van der Waals surface area contributed by atoms with E-state index in [1.54, 1.807) is 29.3 Å². The van der Waals surface area contributed by atoms with Crippen molar-refractivity contribution in [2.75, 3.05) is 6.61 Å². The van der Waals surface area contributed by atoms with Gasteiger partial charge in [-0.2, -0.15) is 5.10 Å². The molecule has 8 nitrogen and oxygen atoms in total. The molecule has 3 aromatic rings. The van der Waals surface area contributed by atoms with Crippen molar-refractivity contribution in [3.8, 4) is 5.75 Å². The van der Waals surface area contributed by atoms with Crippen molar-refractivity contribution < 1.29 is 14.3 Å². The number of benzene rings is 1. The van der Waals surface area contributed by atoms with Gasteiger partial charge >= 0.3 is 5.97 Å². The van der Waals surface area contributed by atoms with Gasteiger partial charge < -0.3 is 9.47 Å². The van der Waals surface area contributed by atoms with Crippen LogP contribution in [0.2, 0.25) is 0 Å². The van der Waals surface area contributed by atoms with Gasteiger partial charge in [-0.25, -0.2) is 4.99 Å². The van der Waals surface area contributed by atoms with Crippen LogP contribution in [0.4, 0.5) is 0 Å². The summed E-state index contributed by atoms with van der Waals surface area (Å²) in [6.07, 6.45) is 3.56. The van der Waals surface area contributed by atoms with Crippen LogP contribution in [0, 0.1) is 12.8 Å². The van der Waals surface area contributed by atoms with E-state index in [9.17, 15) is 9.59 Å². The first kappa shape index (κ1) is 19.7. The fourth-order valence-corrected chi connectivity index (χ4v) is 5.42. The lowest BCUT2D eigenvalue weighted by molar-refractivity contribution is -0.160. The summed E-state index contributed by atoms with van der Waals surface area (Å²) in [4.78, 5) is 31.8. The molecule has 1 aromatic carbocycles. The number of carbonyl (C=O) groups is 1. The summed E-state index contributed by atoms with van der Waals surface area (Å²) in [5, 5.41) is 4.25. The molecule has 2 bridgehead atoms. The number of thiazole rings is 1. The van der Waals surface area contributed by atoms with Gasteiger partial charge in [0.25, 0.3) is 5.56 Å². The lowest BCUT2D eigenvalue weighted by atomic mass is 9.81. The van der Waals surface area contributed by atoms with E-state index in [4.69, 9.17) is 14.5 Å². The smallest absolute Gasteiger partial charge is 0.317 e. The van der Waals surface area contributed by atoms with Gasteiger partial charge in [0.05, 0.1) is 23.4 Å². The fraction of sp³-hybridized carbons (Fsp3) is 0.364. The summed E-state index contributed by atoms with van der Waals surface area (Å²) in [7, 11) is 1.86. The summed E-state index contributed by atoms with van der Waals surface area (Å²) < 4.78 is 15.5. The quantitative estimate of drug-likeness (QED) is 0.575. The highest BCUT2D eigenvalue weighted by molar-refractivity contribution is 7.07. The van der Waals surface area contributed by atoms with Gasteiger partial charge in [0.2, 0.25) is 5.72 Å². The Morgan fingerprint density at radius 1 is 1.39 bits per heavy atom. The van der Waals surface area contributed by atoms with E-state index in [2.05, 4.69) is 5.10 Å². The Balaban J connectivity index is 1.79. The highest BCUT2D eigenvalue weighted by Crippen LogP contribution is 2.47. The predicted molar refractivity (Wildman–Crippen MR) is 115 cm³/mol. The fourth-order valence-electron chi connectivity index (χ4n) is 4.33. The molecule has 0 radical (unpaired) electrons. The average Bonchev–Trinajstić information content (AvgIpc) is 3.20. The molecule has 2 aliphatic heterocycles. The van der Waals surface area contributed by atoms with Crippen molar-refractivity contribution in [2.45, 2.75) is 32.5 Å². The molecule has 0 aliphatic carbocycles. The number of esters is 1. The van der Waals surface area contributed by atoms with Gasteiger partial charge in [0.15, 0.2) is 4.80 Å². The molecule has 2 aromatic heterocycles. The largest absolute Gasteiger partial charge is 0.466 e. The summed E-state index contributed by atoms with van der Waals surface area (Å²) in [5.74, 6) is -0.572. The van der Waals surface area contributed by atoms with Gasteiger partial charge in [-0.15, -0.1) is 0 Å². The molecule has 3 atom stereocenters. The molecule has 31 heavy (non-hydrogen) atoms. The summed E-state index contributed by atoms with van der Waals surface area (Å²) in [6, 6.07) is 6.92. The van der Waals surface area contributed by atoms with Crippen LogP contribution in [0.25, 0.3) is 6.08 Å². The first-order valence-electron chi connectivity index (χ1n) is 10.1. The van der Waals surface area contributed by atoms with Gasteiger partial charge in [0.1, 0.15) is 11.7 Å². The molecule has 5 rings (SSSR count). The molecule has 0 spiro atoms. The van der Waals surface area contributed by atoms with E-state index < -0.39 is 23.7 Å². The SMILES string of the molecule is CCOC(=O)[C@@H]1[C@@H]2c3ccccc3O[C@]1(C)N=c1s/c(=C/c3cnn(C)c3C)c(=O)n12. The molecule has 9 heteroatoms. The third-order valence-corrected chi connectivity index (χ3v) is 6.96. The number of ether oxygens (including phenoxy) is 2. The monoisotopic (exact) mass is 438 g/mol. The maximum Gasteiger partial charge on any atom is 0.317 e. The van der Waals surface area contributed by atoms with E-state index >= 15 is 0 Å². The Hall–Kier alpha value is -3.20. The lowest BCUT2D eigenvalue weighted by Crippen LogP contribution is -2.58. The van der Waals surface area contributed by atoms with E-state index in [1.165, 1.54) is 11.3 Å². The number of aryl methyl sites for hydroxylation is 1. The molecule has 0 saturated carbocycles. The van der Waals surface area contributed by atoms with E-state index in [-0.39, 0.29) is 12.2 Å². The number of nitrogens with zero attached hydrogens (tertiary/aromatic N) is 4. The minimum atomic E-state index is -1.16. The van der Waals surface area contributed by atoms with E-state index in [0.29, 0.717) is 15.1 Å². The van der Waals surface area contributed by atoms with Crippen LogP contribution in [0.5, 0.6) is 5.75 Å². The first-order chi connectivity index (χ1) is 14.8. The summed E-state index contributed by atoms with van der Waals surface area (Å²) in [6.45, 7) is 5.73. The van der Waals surface area contributed by atoms with Gasteiger partial charge in [-0.05, 0) is 32.9 Å². The first-order valence-corrected chi connectivity index (χ1v) is 10.9. The minimum absolute atomic E-state index is 0.190. The van der Waals surface area contributed by atoms with Crippen molar-refractivity contribution in [3.63, 3.8) is 0 Å². The van der Waals surface area contributed by atoms with Crippen molar-refractivity contribution >= 4 is 23.4 Å². The second-order valence-corrected chi connectivity index (χ2v) is 8.87. The molecule has 0 saturated heterocycles. The van der Waals surface area contributed by atoms with E-state index in [0.717, 1.165) is 16.8 Å². The predicted octanol–water partition coefficient (Wildman–Crippen LogP) is 1.29. The second kappa shape index (κ2) is 6.91. The minimum Gasteiger partial charge on any atom is -0.466 e. The number of rotatable bonds is 3. The molecule has 2 aliphatic rings. The lowest BCUT2D eigenvalue weighted by Gasteiger charge is -2.44. The van der Waals surface area contributed by atoms with Gasteiger partial charge in [-0.1, -0.05) is 29.5 Å². The molecule has 4 heterocycles. The molecular formula is C22H22N4O4S. The average molecular weight is 439 g/mol. The standard InChI is InChI=1S/C22H22N4O4S/c1-5-29-20(28)17-18-14-8-6-7-9-15(14)30-22(17,3)24-21-26(18)19(27)16(31-21)10-13-11-23-25(4)12(13)2/h6-11,17-18H,5H2,1-4H3/b16-10+/t17-,18-,22-/m0/s1. The van der Waals surface area contributed by atoms with Crippen LogP contribution in [-0.2, 0) is 16.6 Å².